The molecule has 4 aromatic heterocycles. The number of alkyl halides is 4. The van der Waals surface area contributed by atoms with Crippen molar-refractivity contribution in [2.75, 3.05) is 12.4 Å². The highest BCUT2D eigenvalue weighted by Gasteiger charge is 2.35. The second-order valence-electron chi connectivity index (χ2n) is 6.33. The van der Waals surface area contributed by atoms with Gasteiger partial charge in [0.25, 0.3) is 0 Å². The number of rotatable bonds is 5. The zero-order valence-corrected chi connectivity index (χ0v) is 16.0. The summed E-state index contributed by atoms with van der Waals surface area (Å²) in [4.78, 5) is 20.5. The first kappa shape index (κ1) is 20.4. The SMILES string of the molecule is COc1nc(Nc2ccnc3nc(-c4ncncc4CF)ccc23)ccc1C(F)(F)F. The van der Waals surface area contributed by atoms with Gasteiger partial charge in [0, 0.05) is 23.3 Å². The van der Waals surface area contributed by atoms with Crippen molar-refractivity contribution >= 4 is 22.5 Å². The van der Waals surface area contributed by atoms with Crippen molar-refractivity contribution < 1.29 is 22.3 Å². The summed E-state index contributed by atoms with van der Waals surface area (Å²) < 4.78 is 57.2. The Hall–Kier alpha value is -3.89. The molecule has 0 spiro atoms. The van der Waals surface area contributed by atoms with Crippen molar-refractivity contribution in [2.45, 2.75) is 12.9 Å². The summed E-state index contributed by atoms with van der Waals surface area (Å²) in [6, 6.07) is 7.08. The molecular weight excluding hydrogens is 416 g/mol. The number of ether oxygens (including phenoxy) is 1. The van der Waals surface area contributed by atoms with Gasteiger partial charge in [-0.2, -0.15) is 18.2 Å². The summed E-state index contributed by atoms with van der Waals surface area (Å²) in [7, 11) is 1.12. The van der Waals surface area contributed by atoms with Crippen LogP contribution in [0.25, 0.3) is 22.4 Å². The zero-order chi connectivity index (χ0) is 22.0. The van der Waals surface area contributed by atoms with Crippen LogP contribution in [0.4, 0.5) is 29.1 Å². The third kappa shape index (κ3) is 4.06. The van der Waals surface area contributed by atoms with Crippen LogP contribution in [-0.2, 0) is 12.9 Å². The molecular formula is C20H14F4N6O. The Bertz CT molecular complexity index is 1250. The number of anilines is 2. The maximum absolute atomic E-state index is 13.2. The fourth-order valence-electron chi connectivity index (χ4n) is 2.98. The highest BCUT2D eigenvalue weighted by molar-refractivity contribution is 5.91. The van der Waals surface area contributed by atoms with Gasteiger partial charge in [0.05, 0.1) is 24.2 Å². The molecule has 0 radical (unpaired) electrons. The third-order valence-corrected chi connectivity index (χ3v) is 4.40. The van der Waals surface area contributed by atoms with Gasteiger partial charge in [-0.1, -0.05) is 0 Å². The van der Waals surface area contributed by atoms with E-state index in [0.717, 1.165) is 13.2 Å². The minimum atomic E-state index is -4.58. The number of methoxy groups -OCH3 is 1. The molecule has 0 fully saturated rings. The molecule has 0 amide bonds. The Morgan fingerprint density at radius 1 is 1.03 bits per heavy atom. The largest absolute Gasteiger partial charge is 0.481 e. The maximum Gasteiger partial charge on any atom is 0.421 e. The van der Waals surface area contributed by atoms with E-state index >= 15 is 0 Å². The second-order valence-corrected chi connectivity index (χ2v) is 6.33. The Kier molecular flexibility index (Phi) is 5.32. The minimum absolute atomic E-state index is 0.150. The number of nitrogens with one attached hydrogen (secondary N) is 1. The van der Waals surface area contributed by atoms with Crippen molar-refractivity contribution in [3.63, 3.8) is 0 Å². The summed E-state index contributed by atoms with van der Waals surface area (Å²) in [6.07, 6.45) is -0.419. The monoisotopic (exact) mass is 430 g/mol. The Morgan fingerprint density at radius 2 is 1.87 bits per heavy atom. The molecule has 4 rings (SSSR count). The smallest absolute Gasteiger partial charge is 0.421 e. The number of aromatic nitrogens is 5. The van der Waals surface area contributed by atoms with Crippen molar-refractivity contribution in [3.05, 3.63) is 60.2 Å². The first-order chi connectivity index (χ1) is 14.9. The predicted octanol–water partition coefficient (Wildman–Crippen LogP) is 4.72. The van der Waals surface area contributed by atoms with E-state index in [4.69, 9.17) is 4.74 Å². The van der Waals surface area contributed by atoms with E-state index in [1.54, 1.807) is 18.2 Å². The van der Waals surface area contributed by atoms with E-state index in [2.05, 4.69) is 30.2 Å². The molecule has 0 aromatic carbocycles. The molecule has 0 bridgehead atoms. The molecule has 0 unspecified atom stereocenters. The summed E-state index contributed by atoms with van der Waals surface area (Å²) in [6.45, 7) is -0.744. The van der Waals surface area contributed by atoms with Gasteiger partial charge >= 0.3 is 6.18 Å². The molecule has 0 aliphatic carbocycles. The molecule has 0 atom stereocenters. The van der Waals surface area contributed by atoms with Gasteiger partial charge in [0.1, 0.15) is 24.4 Å². The number of nitrogens with zero attached hydrogens (tertiary/aromatic N) is 5. The van der Waals surface area contributed by atoms with Gasteiger partial charge in [-0.05, 0) is 30.3 Å². The minimum Gasteiger partial charge on any atom is -0.481 e. The maximum atomic E-state index is 13.2. The summed E-state index contributed by atoms with van der Waals surface area (Å²) >= 11 is 0. The molecule has 31 heavy (non-hydrogen) atoms. The van der Waals surface area contributed by atoms with E-state index in [1.807, 2.05) is 0 Å². The number of hydrogen-bond donors (Lipinski definition) is 1. The van der Waals surface area contributed by atoms with E-state index < -0.39 is 24.3 Å². The first-order valence-corrected chi connectivity index (χ1v) is 8.91. The van der Waals surface area contributed by atoms with Gasteiger partial charge in [0.15, 0.2) is 5.65 Å². The molecule has 4 aromatic rings. The summed E-state index contributed by atoms with van der Waals surface area (Å²) in [5.74, 6) is -0.393. The van der Waals surface area contributed by atoms with Crippen LogP contribution in [0.2, 0.25) is 0 Å². The van der Waals surface area contributed by atoms with Crippen LogP contribution in [0.5, 0.6) is 5.88 Å². The van der Waals surface area contributed by atoms with Crippen LogP contribution < -0.4 is 10.1 Å². The predicted molar refractivity (Wildman–Crippen MR) is 104 cm³/mol. The number of hydrogen-bond acceptors (Lipinski definition) is 7. The molecule has 0 saturated heterocycles. The molecule has 1 N–H and O–H groups in total. The standard InChI is InChI=1S/C20H14F4N6O/c1-31-19-13(20(22,23)24)3-5-16(30-19)28-14-6-7-26-18-12(14)2-4-15(29-18)17-11(8-21)9-25-10-27-17/h2-7,9-10H,8H2,1H3,(H,26,28,29,30). The van der Waals surface area contributed by atoms with Crippen LogP contribution in [-0.4, -0.2) is 32.0 Å². The highest BCUT2D eigenvalue weighted by Crippen LogP contribution is 2.36. The third-order valence-electron chi connectivity index (χ3n) is 4.40. The average molecular weight is 430 g/mol. The van der Waals surface area contributed by atoms with Gasteiger partial charge < -0.3 is 10.1 Å². The normalized spacial score (nSPS) is 11.5. The highest BCUT2D eigenvalue weighted by atomic mass is 19.4. The fraction of sp³-hybridized carbons (Fsp3) is 0.150. The Balaban J connectivity index is 1.71. The van der Waals surface area contributed by atoms with Crippen LogP contribution in [0.1, 0.15) is 11.1 Å². The quantitative estimate of drug-likeness (QED) is 0.459. The topological polar surface area (TPSA) is 85.7 Å². The van der Waals surface area contributed by atoms with Crippen molar-refractivity contribution in [1.29, 1.82) is 0 Å². The van der Waals surface area contributed by atoms with Crippen LogP contribution in [0.3, 0.4) is 0 Å². The second kappa shape index (κ2) is 8.09. The average Bonchev–Trinajstić information content (AvgIpc) is 2.78. The van der Waals surface area contributed by atoms with E-state index in [9.17, 15) is 17.6 Å². The van der Waals surface area contributed by atoms with Gasteiger partial charge in [-0.15, -0.1) is 0 Å². The lowest BCUT2D eigenvalue weighted by molar-refractivity contribution is -0.139. The zero-order valence-electron chi connectivity index (χ0n) is 16.0. The Labute approximate surface area is 173 Å². The summed E-state index contributed by atoms with van der Waals surface area (Å²) in [5, 5.41) is 3.54. The van der Waals surface area contributed by atoms with Crippen molar-refractivity contribution in [2.24, 2.45) is 0 Å². The molecule has 7 nitrogen and oxygen atoms in total. The Morgan fingerprint density at radius 3 is 2.61 bits per heavy atom. The van der Waals surface area contributed by atoms with E-state index in [0.29, 0.717) is 33.7 Å². The van der Waals surface area contributed by atoms with Crippen LogP contribution in [0, 0.1) is 0 Å². The molecule has 4 heterocycles. The number of fused-ring (bicyclic) bond motifs is 1. The fourth-order valence-corrected chi connectivity index (χ4v) is 2.98. The van der Waals surface area contributed by atoms with Crippen LogP contribution in [0.15, 0.2) is 49.1 Å². The molecule has 0 aliphatic rings. The van der Waals surface area contributed by atoms with Crippen molar-refractivity contribution in [3.8, 4) is 17.3 Å². The summed E-state index contributed by atoms with van der Waals surface area (Å²) in [5.41, 5.74) is 0.955. The molecule has 0 aliphatic heterocycles. The molecule has 11 heteroatoms. The van der Waals surface area contributed by atoms with Crippen LogP contribution >= 0.6 is 0 Å². The van der Waals surface area contributed by atoms with E-state index in [1.165, 1.54) is 24.8 Å². The van der Waals surface area contributed by atoms with Gasteiger partial charge in [-0.3, -0.25) is 0 Å². The number of halogens is 4. The first-order valence-electron chi connectivity index (χ1n) is 8.91. The lowest BCUT2D eigenvalue weighted by atomic mass is 10.1. The molecule has 0 saturated carbocycles. The van der Waals surface area contributed by atoms with Crippen molar-refractivity contribution in [1.82, 2.24) is 24.9 Å². The lowest BCUT2D eigenvalue weighted by Gasteiger charge is -2.14. The van der Waals surface area contributed by atoms with Gasteiger partial charge in [0.2, 0.25) is 5.88 Å². The molecule has 158 valence electrons. The number of pyridine rings is 3. The van der Waals surface area contributed by atoms with E-state index in [-0.39, 0.29) is 5.82 Å². The van der Waals surface area contributed by atoms with Gasteiger partial charge in [-0.25, -0.2) is 24.3 Å². The lowest BCUT2D eigenvalue weighted by Crippen LogP contribution is -2.09.